The van der Waals surface area contributed by atoms with Crippen LogP contribution in [0.25, 0.3) is 0 Å². The van der Waals surface area contributed by atoms with Gasteiger partial charge in [-0.2, -0.15) is 4.31 Å². The number of benzene rings is 1. The number of hydrogen-bond acceptors (Lipinski definition) is 3. The predicted molar refractivity (Wildman–Crippen MR) is 74.6 cm³/mol. The summed E-state index contributed by atoms with van der Waals surface area (Å²) >= 11 is 5.96. The third kappa shape index (κ3) is 3.11. The van der Waals surface area contributed by atoms with Crippen LogP contribution >= 0.6 is 11.6 Å². The normalized spacial score (nSPS) is 20.4. The molecule has 1 aliphatic heterocycles. The van der Waals surface area contributed by atoms with Gasteiger partial charge in [-0.1, -0.05) is 23.7 Å². The summed E-state index contributed by atoms with van der Waals surface area (Å²) in [6, 6.07) is 6.48. The molecule has 0 bridgehead atoms. The fraction of sp³-hybridized carbons (Fsp3) is 0.538. The maximum atomic E-state index is 12.5. The van der Waals surface area contributed by atoms with Gasteiger partial charge in [0.2, 0.25) is 10.0 Å². The molecule has 0 amide bonds. The molecule has 1 aromatic carbocycles. The maximum Gasteiger partial charge on any atom is 0.244 e. The van der Waals surface area contributed by atoms with Gasteiger partial charge in [-0.05, 0) is 37.8 Å². The van der Waals surface area contributed by atoms with Crippen molar-refractivity contribution < 1.29 is 13.5 Å². The van der Waals surface area contributed by atoms with Gasteiger partial charge in [0.25, 0.3) is 0 Å². The highest BCUT2D eigenvalue weighted by atomic mass is 35.5. The Bertz CT molecular complexity index is 537. The first-order valence-electron chi connectivity index (χ1n) is 6.35. The van der Waals surface area contributed by atoms with Crippen molar-refractivity contribution in [2.45, 2.75) is 30.8 Å². The van der Waals surface area contributed by atoms with Gasteiger partial charge in [-0.15, -0.1) is 0 Å². The van der Waals surface area contributed by atoms with E-state index < -0.39 is 10.0 Å². The highest BCUT2D eigenvalue weighted by molar-refractivity contribution is 7.89. The number of halogens is 1. The Balaban J connectivity index is 2.17. The van der Waals surface area contributed by atoms with Crippen LogP contribution in [0.2, 0.25) is 5.02 Å². The average molecular weight is 304 g/mol. The molecule has 0 radical (unpaired) electrons. The van der Waals surface area contributed by atoms with Gasteiger partial charge in [0.05, 0.1) is 11.1 Å². The van der Waals surface area contributed by atoms with Gasteiger partial charge >= 0.3 is 0 Å². The Morgan fingerprint density at radius 1 is 1.32 bits per heavy atom. The van der Waals surface area contributed by atoms with Gasteiger partial charge in [-0.25, -0.2) is 8.42 Å². The molecule has 1 aromatic rings. The minimum Gasteiger partial charge on any atom is -0.393 e. The maximum absolute atomic E-state index is 12.5. The molecule has 1 heterocycles. The second kappa shape index (κ2) is 5.79. The number of hydrogen-bond donors (Lipinski definition) is 1. The molecule has 1 aliphatic rings. The van der Waals surface area contributed by atoms with Crippen LogP contribution in [0.3, 0.4) is 0 Å². The topological polar surface area (TPSA) is 57.6 Å². The average Bonchev–Trinajstić information content (AvgIpc) is 2.39. The Kier molecular flexibility index (Phi) is 4.50. The summed E-state index contributed by atoms with van der Waals surface area (Å²) in [6.45, 7) is 2.62. The van der Waals surface area contributed by atoms with Crippen molar-refractivity contribution in [2.24, 2.45) is 5.92 Å². The van der Waals surface area contributed by atoms with Crippen molar-refractivity contribution in [3.63, 3.8) is 0 Å². The summed E-state index contributed by atoms with van der Waals surface area (Å²) in [5, 5.41) is 9.79. The fourth-order valence-corrected chi connectivity index (χ4v) is 4.35. The summed E-state index contributed by atoms with van der Waals surface area (Å²) in [5.74, 6) is 0.178. The van der Waals surface area contributed by atoms with Crippen molar-refractivity contribution in [1.29, 1.82) is 0 Å². The first-order chi connectivity index (χ1) is 8.93. The fourth-order valence-electron chi connectivity index (χ4n) is 2.39. The first kappa shape index (κ1) is 14.8. The summed E-state index contributed by atoms with van der Waals surface area (Å²) in [4.78, 5) is 0.159. The lowest BCUT2D eigenvalue weighted by atomic mass is 9.93. The van der Waals surface area contributed by atoms with Crippen LogP contribution in [0.4, 0.5) is 0 Å². The van der Waals surface area contributed by atoms with Crippen molar-refractivity contribution in [2.75, 3.05) is 13.1 Å². The monoisotopic (exact) mass is 303 g/mol. The van der Waals surface area contributed by atoms with Crippen molar-refractivity contribution in [3.05, 3.63) is 29.3 Å². The van der Waals surface area contributed by atoms with Crippen LogP contribution in [0.1, 0.15) is 19.8 Å². The molecule has 0 saturated carbocycles. The lowest BCUT2D eigenvalue weighted by Gasteiger charge is -2.32. The molecule has 0 aliphatic carbocycles. The Labute approximate surface area is 119 Å². The SMILES string of the molecule is CC(O)C1CCN(S(=O)(=O)c2ccccc2Cl)CC1. The van der Waals surface area contributed by atoms with E-state index in [0.717, 1.165) is 0 Å². The number of nitrogens with zero attached hydrogens (tertiary/aromatic N) is 1. The van der Waals surface area contributed by atoms with Crippen LogP contribution in [0, 0.1) is 5.92 Å². The van der Waals surface area contributed by atoms with Crippen molar-refractivity contribution in [1.82, 2.24) is 4.31 Å². The summed E-state index contributed by atoms with van der Waals surface area (Å²) < 4.78 is 26.4. The summed E-state index contributed by atoms with van der Waals surface area (Å²) in [6.07, 6.45) is 0.980. The lowest BCUT2D eigenvalue weighted by Crippen LogP contribution is -2.40. The van der Waals surface area contributed by atoms with Gasteiger partial charge in [0.15, 0.2) is 0 Å². The van der Waals surface area contributed by atoms with Crippen molar-refractivity contribution >= 4 is 21.6 Å². The molecule has 0 spiro atoms. The van der Waals surface area contributed by atoms with Gasteiger partial charge in [0, 0.05) is 13.1 Å². The van der Waals surface area contributed by atoms with E-state index in [0.29, 0.717) is 25.9 Å². The van der Waals surface area contributed by atoms with Gasteiger partial charge in [-0.3, -0.25) is 0 Å². The molecule has 4 nitrogen and oxygen atoms in total. The molecule has 106 valence electrons. The van der Waals surface area contributed by atoms with Crippen LogP contribution in [0.5, 0.6) is 0 Å². The molecule has 1 fully saturated rings. The van der Waals surface area contributed by atoms with Gasteiger partial charge in [0.1, 0.15) is 4.90 Å². The first-order valence-corrected chi connectivity index (χ1v) is 8.17. The van der Waals surface area contributed by atoms with E-state index >= 15 is 0 Å². The van der Waals surface area contributed by atoms with E-state index in [9.17, 15) is 13.5 Å². The third-order valence-electron chi connectivity index (χ3n) is 3.64. The minimum absolute atomic E-state index is 0.159. The highest BCUT2D eigenvalue weighted by Crippen LogP contribution is 2.28. The minimum atomic E-state index is -3.52. The zero-order valence-electron chi connectivity index (χ0n) is 10.8. The molecule has 19 heavy (non-hydrogen) atoms. The van der Waals surface area contributed by atoms with Crippen LogP contribution in [-0.4, -0.2) is 37.0 Å². The second-order valence-electron chi connectivity index (χ2n) is 4.91. The quantitative estimate of drug-likeness (QED) is 0.930. The van der Waals surface area contributed by atoms with E-state index in [1.165, 1.54) is 10.4 Å². The molecule has 1 N–H and O–H groups in total. The van der Waals surface area contributed by atoms with Gasteiger partial charge < -0.3 is 5.11 Å². The third-order valence-corrected chi connectivity index (χ3v) is 6.03. The molecule has 2 rings (SSSR count). The van der Waals surface area contributed by atoms with E-state index in [1.54, 1.807) is 25.1 Å². The largest absolute Gasteiger partial charge is 0.393 e. The summed E-state index contributed by atoms with van der Waals surface area (Å²) in [5.41, 5.74) is 0. The molecular weight excluding hydrogens is 286 g/mol. The van der Waals surface area contributed by atoms with E-state index in [1.807, 2.05) is 0 Å². The Hall–Kier alpha value is -0.620. The van der Waals surface area contributed by atoms with E-state index in [4.69, 9.17) is 11.6 Å². The molecule has 1 unspecified atom stereocenters. The Morgan fingerprint density at radius 2 is 1.89 bits per heavy atom. The smallest absolute Gasteiger partial charge is 0.244 e. The molecule has 1 saturated heterocycles. The number of aliphatic hydroxyl groups is 1. The highest BCUT2D eigenvalue weighted by Gasteiger charge is 2.31. The number of aliphatic hydroxyl groups excluding tert-OH is 1. The molecular formula is C13H18ClNO3S. The zero-order chi connectivity index (χ0) is 14.0. The molecule has 6 heteroatoms. The molecule has 1 atom stereocenters. The van der Waals surface area contributed by atoms with E-state index in [-0.39, 0.29) is 21.9 Å². The van der Waals surface area contributed by atoms with Crippen molar-refractivity contribution in [3.8, 4) is 0 Å². The van der Waals surface area contributed by atoms with Crippen LogP contribution in [-0.2, 0) is 10.0 Å². The van der Waals surface area contributed by atoms with Crippen LogP contribution < -0.4 is 0 Å². The lowest BCUT2D eigenvalue weighted by molar-refractivity contribution is 0.0912. The predicted octanol–water partition coefficient (Wildman–Crippen LogP) is 2.12. The number of sulfonamides is 1. The number of rotatable bonds is 3. The van der Waals surface area contributed by atoms with E-state index in [2.05, 4.69) is 0 Å². The second-order valence-corrected chi connectivity index (χ2v) is 7.23. The summed E-state index contributed by atoms with van der Waals surface area (Å²) in [7, 11) is -3.52. The molecule has 0 aromatic heterocycles. The standard InChI is InChI=1S/C13H18ClNO3S/c1-10(16)11-6-8-15(9-7-11)19(17,18)13-5-3-2-4-12(13)14/h2-5,10-11,16H,6-9H2,1H3. The zero-order valence-corrected chi connectivity index (χ0v) is 12.4. The number of piperidine rings is 1. The van der Waals surface area contributed by atoms with Crippen LogP contribution in [0.15, 0.2) is 29.2 Å². The Morgan fingerprint density at radius 3 is 2.42 bits per heavy atom.